The van der Waals surface area contributed by atoms with Gasteiger partial charge in [0.05, 0.1) is 33.9 Å². The highest BCUT2D eigenvalue weighted by Gasteiger charge is 2.45. The number of carbonyl (C=O) groups excluding carboxylic acids is 1. The molecule has 2 bridgehead atoms. The molecule has 3 aliphatic heterocycles. The van der Waals surface area contributed by atoms with Crippen LogP contribution in [0.1, 0.15) is 57.6 Å². The maximum absolute atomic E-state index is 16.7. The van der Waals surface area contributed by atoms with Gasteiger partial charge in [0.1, 0.15) is 29.4 Å². The number of alkyl halides is 3. The van der Waals surface area contributed by atoms with Gasteiger partial charge in [0.15, 0.2) is 5.82 Å². The molecule has 0 radical (unpaired) electrons. The van der Waals surface area contributed by atoms with Gasteiger partial charge in [-0.1, -0.05) is 11.6 Å². The third-order valence-electron chi connectivity index (χ3n) is 9.06. The summed E-state index contributed by atoms with van der Waals surface area (Å²) in [7, 11) is 1.99. The Morgan fingerprint density at radius 1 is 1.09 bits per heavy atom. The Morgan fingerprint density at radius 3 is 2.36 bits per heavy atom. The Labute approximate surface area is 275 Å². The molecule has 6 rings (SSSR count). The van der Waals surface area contributed by atoms with Crippen LogP contribution in [0, 0.1) is 12.7 Å². The fraction of sp³-hybridized carbons (Fsp3) is 0.562. The van der Waals surface area contributed by atoms with Gasteiger partial charge in [-0.25, -0.2) is 14.2 Å². The first-order chi connectivity index (χ1) is 22.0. The zero-order valence-corrected chi connectivity index (χ0v) is 27.7. The summed E-state index contributed by atoms with van der Waals surface area (Å²) in [5.74, 6) is -1.00. The number of hydrogen-bond donors (Lipinski definition) is 1. The summed E-state index contributed by atoms with van der Waals surface area (Å²) in [5, 5.41) is -0.111. The van der Waals surface area contributed by atoms with Gasteiger partial charge >= 0.3 is 18.3 Å². The zero-order valence-electron chi connectivity index (χ0n) is 26.9. The van der Waals surface area contributed by atoms with Crippen molar-refractivity contribution in [2.75, 3.05) is 43.9 Å². The topological polar surface area (TPSA) is 110 Å². The average molecular weight is 680 g/mol. The Hall–Kier alpha value is -3.65. The number of piperazine rings is 1. The number of halogens is 5. The first-order valence-corrected chi connectivity index (χ1v) is 16.0. The van der Waals surface area contributed by atoms with Gasteiger partial charge in [-0.2, -0.15) is 23.1 Å². The van der Waals surface area contributed by atoms with Crippen molar-refractivity contribution in [3.8, 4) is 17.3 Å². The Morgan fingerprint density at radius 2 is 1.77 bits per heavy atom. The molecular formula is C32H38ClF4N7O3. The third kappa shape index (κ3) is 6.46. The van der Waals surface area contributed by atoms with Crippen LogP contribution in [0.15, 0.2) is 12.1 Å². The monoisotopic (exact) mass is 679 g/mol. The van der Waals surface area contributed by atoms with Crippen molar-refractivity contribution in [1.29, 1.82) is 0 Å². The molecule has 2 unspecified atom stereocenters. The van der Waals surface area contributed by atoms with Crippen molar-refractivity contribution in [1.82, 2.24) is 24.8 Å². The number of rotatable bonds is 5. The molecule has 3 aromatic rings. The molecule has 47 heavy (non-hydrogen) atoms. The van der Waals surface area contributed by atoms with Crippen LogP contribution in [0.2, 0.25) is 5.02 Å². The van der Waals surface area contributed by atoms with Crippen molar-refractivity contribution >= 4 is 40.2 Å². The molecule has 3 saturated heterocycles. The second kappa shape index (κ2) is 12.1. The van der Waals surface area contributed by atoms with Gasteiger partial charge in [0.25, 0.3) is 0 Å². The lowest BCUT2D eigenvalue weighted by Gasteiger charge is -2.42. The summed E-state index contributed by atoms with van der Waals surface area (Å²) < 4.78 is 71.2. The van der Waals surface area contributed by atoms with E-state index in [0.717, 1.165) is 38.3 Å². The van der Waals surface area contributed by atoms with Gasteiger partial charge < -0.3 is 25.0 Å². The SMILES string of the molecule is Cc1cc(N)nc(-c2c(Cl)cc3c(N4CC5CCC(C4)N5C(=O)OC(C)(C)C)nc(OC[C@@H]4CCCN4C)nc3c2F)c1C(F)(F)F. The molecule has 5 heterocycles. The number of aromatic nitrogens is 3. The van der Waals surface area contributed by atoms with E-state index in [2.05, 4.69) is 14.9 Å². The number of nitrogens with two attached hydrogens (primary N) is 1. The average Bonchev–Trinajstić information content (AvgIpc) is 3.48. The fourth-order valence-corrected chi connectivity index (χ4v) is 7.25. The zero-order chi connectivity index (χ0) is 34.0. The number of amides is 1. The summed E-state index contributed by atoms with van der Waals surface area (Å²) >= 11 is 6.61. The summed E-state index contributed by atoms with van der Waals surface area (Å²) in [6.07, 6.45) is -1.88. The number of pyridine rings is 1. The standard InChI is InChI=1S/C32H38ClF4N7O3/c1-16-11-22(38)39-27(24(16)32(35,36)37)23-21(33)12-20-26(25(23)34)40-29(46-15-19-7-6-10-42(19)5)41-28(20)43-13-17-8-9-18(14-43)44(17)30(45)47-31(2,3)4/h11-12,17-19H,6-10,13-15H2,1-5H3,(H2,38,39)/t17?,18?,19-/m0/s1. The number of aryl methyl sites for hydroxylation is 1. The van der Waals surface area contributed by atoms with E-state index >= 15 is 4.39 Å². The molecule has 0 aliphatic carbocycles. The summed E-state index contributed by atoms with van der Waals surface area (Å²) in [6.45, 7) is 8.55. The van der Waals surface area contributed by atoms with Crippen molar-refractivity contribution in [3.05, 3.63) is 34.1 Å². The van der Waals surface area contributed by atoms with Crippen LogP contribution < -0.4 is 15.4 Å². The van der Waals surface area contributed by atoms with E-state index < -0.39 is 40.5 Å². The highest BCUT2D eigenvalue weighted by molar-refractivity contribution is 6.34. The van der Waals surface area contributed by atoms with Crippen molar-refractivity contribution < 1.29 is 31.8 Å². The molecule has 3 fully saturated rings. The third-order valence-corrected chi connectivity index (χ3v) is 9.36. The maximum Gasteiger partial charge on any atom is 0.418 e. The van der Waals surface area contributed by atoms with E-state index in [0.29, 0.717) is 18.9 Å². The van der Waals surface area contributed by atoms with Gasteiger partial charge in [0, 0.05) is 24.5 Å². The number of hydrogen-bond acceptors (Lipinski definition) is 9. The van der Waals surface area contributed by atoms with E-state index in [1.807, 2.05) is 32.7 Å². The maximum atomic E-state index is 16.7. The van der Waals surface area contributed by atoms with Crippen LogP contribution in [-0.2, 0) is 10.9 Å². The van der Waals surface area contributed by atoms with E-state index in [9.17, 15) is 18.0 Å². The molecule has 15 heteroatoms. The summed E-state index contributed by atoms with van der Waals surface area (Å²) in [6, 6.07) is 2.04. The highest BCUT2D eigenvalue weighted by atomic mass is 35.5. The second-order valence-corrected chi connectivity index (χ2v) is 14.0. The number of anilines is 2. The van der Waals surface area contributed by atoms with Gasteiger partial charge in [0.2, 0.25) is 0 Å². The minimum atomic E-state index is -4.86. The smallest absolute Gasteiger partial charge is 0.418 e. The molecular weight excluding hydrogens is 642 g/mol. The minimum absolute atomic E-state index is 0.102. The quantitative estimate of drug-likeness (QED) is 0.304. The predicted octanol–water partition coefficient (Wildman–Crippen LogP) is 6.45. The lowest BCUT2D eigenvalue weighted by atomic mass is 9.99. The van der Waals surface area contributed by atoms with E-state index in [1.165, 1.54) is 13.0 Å². The number of nitrogens with zero attached hydrogens (tertiary/aromatic N) is 6. The van der Waals surface area contributed by atoms with Crippen LogP contribution in [0.25, 0.3) is 22.2 Å². The van der Waals surface area contributed by atoms with Gasteiger partial charge in [-0.3, -0.25) is 4.90 Å². The summed E-state index contributed by atoms with van der Waals surface area (Å²) in [4.78, 5) is 31.9. The predicted molar refractivity (Wildman–Crippen MR) is 170 cm³/mol. The number of likely N-dealkylation sites (N-methyl/N-ethyl adjacent to an activating group) is 1. The normalized spacial score (nSPS) is 22.0. The van der Waals surface area contributed by atoms with Crippen molar-refractivity contribution in [2.45, 2.75) is 83.3 Å². The number of benzene rings is 1. The number of carbonyl (C=O) groups is 1. The first kappa shape index (κ1) is 33.3. The van der Waals surface area contributed by atoms with E-state index in [1.54, 1.807) is 4.90 Å². The lowest BCUT2D eigenvalue weighted by molar-refractivity contribution is -0.137. The van der Waals surface area contributed by atoms with E-state index in [-0.39, 0.29) is 58.0 Å². The van der Waals surface area contributed by atoms with Crippen LogP contribution in [0.3, 0.4) is 0 Å². The molecule has 1 aromatic carbocycles. The highest BCUT2D eigenvalue weighted by Crippen LogP contribution is 2.45. The minimum Gasteiger partial charge on any atom is -0.462 e. The number of fused-ring (bicyclic) bond motifs is 3. The molecule has 10 nitrogen and oxygen atoms in total. The molecule has 2 N–H and O–H groups in total. The molecule has 254 valence electrons. The molecule has 3 aliphatic rings. The van der Waals surface area contributed by atoms with Crippen LogP contribution in [0.5, 0.6) is 6.01 Å². The Kier molecular flexibility index (Phi) is 8.56. The fourth-order valence-electron chi connectivity index (χ4n) is 6.97. The summed E-state index contributed by atoms with van der Waals surface area (Å²) in [5.41, 5.74) is 2.26. The Balaban J connectivity index is 1.46. The van der Waals surface area contributed by atoms with Crippen LogP contribution in [0.4, 0.5) is 34.0 Å². The second-order valence-electron chi connectivity index (χ2n) is 13.6. The lowest BCUT2D eigenvalue weighted by Crippen LogP contribution is -2.57. The molecule has 0 spiro atoms. The van der Waals surface area contributed by atoms with Crippen molar-refractivity contribution in [2.24, 2.45) is 0 Å². The van der Waals surface area contributed by atoms with E-state index in [4.69, 9.17) is 31.8 Å². The molecule has 2 aromatic heterocycles. The number of nitrogen functional groups attached to an aromatic ring is 1. The van der Waals surface area contributed by atoms with Gasteiger partial charge in [-0.15, -0.1) is 0 Å². The van der Waals surface area contributed by atoms with Crippen LogP contribution in [-0.4, -0.2) is 87.9 Å². The van der Waals surface area contributed by atoms with Crippen molar-refractivity contribution in [3.63, 3.8) is 0 Å². The largest absolute Gasteiger partial charge is 0.462 e. The number of likely N-dealkylation sites (tertiary alicyclic amines) is 1. The Bertz CT molecular complexity index is 1700. The first-order valence-electron chi connectivity index (χ1n) is 15.7. The van der Waals surface area contributed by atoms with Gasteiger partial charge in [-0.05, 0) is 84.7 Å². The molecule has 0 saturated carbocycles. The van der Waals surface area contributed by atoms with Crippen LogP contribution >= 0.6 is 11.6 Å². The number of ether oxygens (including phenoxy) is 2. The molecule has 1 amide bonds. The molecule has 3 atom stereocenters.